The van der Waals surface area contributed by atoms with Gasteiger partial charge in [0, 0.05) is 18.9 Å². The van der Waals surface area contributed by atoms with Gasteiger partial charge < -0.3 is 20.1 Å². The first-order valence-electron chi connectivity index (χ1n) is 11.7. The Morgan fingerprint density at radius 3 is 2.66 bits per heavy atom. The molecule has 0 bridgehead atoms. The number of carbonyl (C=O) groups is 2. The third-order valence-corrected chi connectivity index (χ3v) is 6.28. The molecule has 32 heavy (non-hydrogen) atoms. The molecule has 7 heteroatoms. The number of methoxy groups -OCH3 is 1. The molecule has 2 unspecified atom stereocenters. The number of nitrogens with zero attached hydrogens (tertiary/aromatic N) is 1. The Kier molecular flexibility index (Phi) is 9.97. The van der Waals surface area contributed by atoms with Gasteiger partial charge in [-0.05, 0) is 75.9 Å². The summed E-state index contributed by atoms with van der Waals surface area (Å²) in [4.78, 5) is 27.6. The van der Waals surface area contributed by atoms with Gasteiger partial charge in [0.2, 0.25) is 5.91 Å². The second-order valence-corrected chi connectivity index (χ2v) is 9.70. The summed E-state index contributed by atoms with van der Waals surface area (Å²) >= 11 is 0. The summed E-state index contributed by atoms with van der Waals surface area (Å²) in [6.45, 7) is 5.39. The molecule has 1 fully saturated rings. The second kappa shape index (κ2) is 12.2. The summed E-state index contributed by atoms with van der Waals surface area (Å²) in [6, 6.07) is 7.72. The lowest BCUT2D eigenvalue weighted by Crippen LogP contribution is -2.48. The van der Waals surface area contributed by atoms with Crippen LogP contribution in [0.15, 0.2) is 24.3 Å². The summed E-state index contributed by atoms with van der Waals surface area (Å²) in [7, 11) is 5.67. The lowest BCUT2D eigenvalue weighted by atomic mass is 9.71. The predicted molar refractivity (Wildman–Crippen MR) is 126 cm³/mol. The highest BCUT2D eigenvalue weighted by atomic mass is 16.6. The maximum absolute atomic E-state index is 12.9. The summed E-state index contributed by atoms with van der Waals surface area (Å²) in [6.07, 6.45) is 4.06. The first-order valence-corrected chi connectivity index (χ1v) is 11.7. The first kappa shape index (κ1) is 26.1. The van der Waals surface area contributed by atoms with Gasteiger partial charge in [-0.1, -0.05) is 32.4 Å². The van der Waals surface area contributed by atoms with E-state index in [1.165, 1.54) is 0 Å². The van der Waals surface area contributed by atoms with Gasteiger partial charge in [0.05, 0.1) is 7.11 Å². The fourth-order valence-corrected chi connectivity index (χ4v) is 4.90. The third kappa shape index (κ3) is 7.20. The largest absolute Gasteiger partial charge is 0.497 e. The lowest BCUT2D eigenvalue weighted by Gasteiger charge is -2.44. The molecule has 1 aromatic carbocycles. The number of ether oxygens (including phenoxy) is 2. The van der Waals surface area contributed by atoms with Gasteiger partial charge in [-0.3, -0.25) is 10.1 Å². The molecule has 2 amide bonds. The van der Waals surface area contributed by atoms with Crippen LogP contribution in [0.2, 0.25) is 0 Å². The minimum Gasteiger partial charge on any atom is -0.497 e. The van der Waals surface area contributed by atoms with E-state index in [0.717, 1.165) is 43.5 Å². The summed E-state index contributed by atoms with van der Waals surface area (Å²) in [5, 5.41) is 2.46. The van der Waals surface area contributed by atoms with E-state index >= 15 is 0 Å². The van der Waals surface area contributed by atoms with Gasteiger partial charge in [0.15, 0.2) is 0 Å². The van der Waals surface area contributed by atoms with Crippen LogP contribution in [0.5, 0.6) is 5.75 Å². The molecule has 1 aliphatic rings. The predicted octanol–water partition coefficient (Wildman–Crippen LogP) is 3.91. The van der Waals surface area contributed by atoms with Crippen molar-refractivity contribution >= 4 is 12.0 Å². The Balaban J connectivity index is 2.24. The van der Waals surface area contributed by atoms with E-state index in [9.17, 15) is 9.59 Å². The summed E-state index contributed by atoms with van der Waals surface area (Å²) < 4.78 is 11.6. The Hall–Kier alpha value is -2.12. The van der Waals surface area contributed by atoms with E-state index in [4.69, 9.17) is 15.2 Å². The molecule has 0 spiro atoms. The molecule has 2 rings (SSSR count). The molecular formula is C25H41N3O4. The van der Waals surface area contributed by atoms with Crippen molar-refractivity contribution in [2.75, 3.05) is 34.3 Å². The van der Waals surface area contributed by atoms with Crippen molar-refractivity contribution in [3.8, 4) is 5.75 Å². The molecule has 0 aliphatic heterocycles. The number of rotatable bonds is 10. The van der Waals surface area contributed by atoms with E-state index in [-0.39, 0.29) is 24.2 Å². The number of alkyl carbamates (subject to hydrolysis) is 1. The average molecular weight is 448 g/mol. The van der Waals surface area contributed by atoms with Gasteiger partial charge in [0.25, 0.3) is 0 Å². The Morgan fingerprint density at radius 2 is 2.03 bits per heavy atom. The molecule has 0 saturated heterocycles. The number of hydrogen-bond acceptors (Lipinski definition) is 6. The van der Waals surface area contributed by atoms with Crippen molar-refractivity contribution in [2.45, 2.75) is 58.0 Å². The number of carbonyl (C=O) groups excluding carboxylic acids is 2. The number of nitrogens with one attached hydrogen (secondary N) is 1. The molecule has 0 radical (unpaired) electrons. The van der Waals surface area contributed by atoms with Crippen molar-refractivity contribution in [3.63, 3.8) is 0 Å². The van der Waals surface area contributed by atoms with Crippen LogP contribution in [0.3, 0.4) is 0 Å². The van der Waals surface area contributed by atoms with Crippen LogP contribution < -0.4 is 15.8 Å². The quantitative estimate of drug-likeness (QED) is 0.565. The molecule has 3 atom stereocenters. The van der Waals surface area contributed by atoms with E-state index in [1.807, 2.05) is 38.4 Å². The maximum atomic E-state index is 12.9. The van der Waals surface area contributed by atoms with Crippen molar-refractivity contribution < 1.29 is 19.1 Å². The highest BCUT2D eigenvalue weighted by Gasteiger charge is 2.46. The van der Waals surface area contributed by atoms with Gasteiger partial charge >= 0.3 is 6.09 Å². The standard InChI is InChI=1S/C25H41N3O4/c1-18(2)13-19(16-26)14-23(29)27-24(30)32-25(20-10-8-11-22(15-20)31-5)12-7-6-9-21(25)17-28(3)4/h8,10-11,15,18-19,21H,6-7,9,12-14,16-17,26H2,1-5H3,(H,27,29,30)/t19-,21?,25?/m0/s1. The van der Waals surface area contributed by atoms with Crippen LogP contribution in [-0.2, 0) is 15.1 Å². The van der Waals surface area contributed by atoms with Crippen LogP contribution in [0.4, 0.5) is 4.79 Å². The zero-order valence-electron chi connectivity index (χ0n) is 20.4. The van der Waals surface area contributed by atoms with Crippen LogP contribution in [0.25, 0.3) is 0 Å². The number of hydrogen-bond donors (Lipinski definition) is 2. The van der Waals surface area contributed by atoms with Crippen molar-refractivity contribution in [3.05, 3.63) is 29.8 Å². The van der Waals surface area contributed by atoms with Gasteiger partial charge in [-0.25, -0.2) is 4.79 Å². The minimum atomic E-state index is -0.813. The average Bonchev–Trinajstić information content (AvgIpc) is 2.73. The van der Waals surface area contributed by atoms with Gasteiger partial charge in [-0.15, -0.1) is 0 Å². The highest BCUT2D eigenvalue weighted by molar-refractivity contribution is 5.92. The Morgan fingerprint density at radius 1 is 1.28 bits per heavy atom. The Labute approximate surface area is 193 Å². The van der Waals surface area contributed by atoms with E-state index in [1.54, 1.807) is 7.11 Å². The SMILES string of the molecule is COc1cccc(C2(OC(=O)NC(=O)C[C@@H](CN)CC(C)C)CCCCC2CN(C)C)c1. The minimum absolute atomic E-state index is 0.0475. The maximum Gasteiger partial charge on any atom is 0.414 e. The van der Waals surface area contributed by atoms with Crippen LogP contribution in [0.1, 0.15) is 57.9 Å². The fourth-order valence-electron chi connectivity index (χ4n) is 4.90. The zero-order chi connectivity index (χ0) is 23.7. The van der Waals surface area contributed by atoms with Crippen molar-refractivity contribution in [1.29, 1.82) is 0 Å². The normalized spacial score (nSPS) is 21.9. The number of amides is 2. The monoisotopic (exact) mass is 447 g/mol. The van der Waals surface area contributed by atoms with Crippen molar-refractivity contribution in [1.82, 2.24) is 10.2 Å². The third-order valence-electron chi connectivity index (χ3n) is 6.28. The molecular weight excluding hydrogens is 406 g/mol. The van der Waals surface area contributed by atoms with Gasteiger partial charge in [0.1, 0.15) is 11.4 Å². The fraction of sp³-hybridized carbons (Fsp3) is 0.680. The van der Waals surface area contributed by atoms with E-state index in [2.05, 4.69) is 24.1 Å². The molecule has 7 nitrogen and oxygen atoms in total. The Bertz CT molecular complexity index is 752. The molecule has 1 aliphatic carbocycles. The van der Waals surface area contributed by atoms with Crippen LogP contribution in [-0.4, -0.2) is 51.2 Å². The van der Waals surface area contributed by atoms with Crippen LogP contribution in [0, 0.1) is 17.8 Å². The summed E-state index contributed by atoms with van der Waals surface area (Å²) in [5.74, 6) is 0.972. The smallest absolute Gasteiger partial charge is 0.414 e. The number of nitrogens with two attached hydrogens (primary N) is 1. The van der Waals surface area contributed by atoms with E-state index < -0.39 is 11.7 Å². The topological polar surface area (TPSA) is 93.9 Å². The first-order chi connectivity index (χ1) is 15.2. The lowest BCUT2D eigenvalue weighted by molar-refractivity contribution is -0.123. The summed E-state index contributed by atoms with van der Waals surface area (Å²) in [5.41, 5.74) is 5.92. The highest BCUT2D eigenvalue weighted by Crippen LogP contribution is 2.46. The van der Waals surface area contributed by atoms with Gasteiger partial charge in [-0.2, -0.15) is 0 Å². The molecule has 3 N–H and O–H groups in total. The van der Waals surface area contributed by atoms with E-state index in [0.29, 0.717) is 18.9 Å². The number of benzene rings is 1. The van der Waals surface area contributed by atoms with Crippen molar-refractivity contribution in [2.24, 2.45) is 23.5 Å². The molecule has 0 heterocycles. The molecule has 0 aromatic heterocycles. The second-order valence-electron chi connectivity index (χ2n) is 9.70. The van der Waals surface area contributed by atoms with Crippen LogP contribution >= 0.6 is 0 Å². The zero-order valence-corrected chi connectivity index (χ0v) is 20.4. The molecule has 1 saturated carbocycles. The number of imide groups is 1. The molecule has 180 valence electrons. The molecule has 1 aromatic rings.